The Morgan fingerprint density at radius 2 is 1.69 bits per heavy atom. The Bertz CT molecular complexity index is 2470. The highest BCUT2D eigenvalue weighted by Gasteiger charge is 2.61. The molecule has 3 aromatic carbocycles. The Balaban J connectivity index is 1.35. The van der Waals surface area contributed by atoms with Crippen molar-refractivity contribution in [3.63, 3.8) is 0 Å². The number of carbonyl (C=O) groups is 5. The molecule has 0 bridgehead atoms. The summed E-state index contributed by atoms with van der Waals surface area (Å²) < 4.78 is 46.1. The molecule has 1 aromatic heterocycles. The highest BCUT2D eigenvalue weighted by Crippen LogP contribution is 2.45. The highest BCUT2D eigenvalue weighted by molar-refractivity contribution is 7.90. The van der Waals surface area contributed by atoms with Gasteiger partial charge in [-0.15, -0.1) is 18.2 Å². The van der Waals surface area contributed by atoms with Crippen molar-refractivity contribution in [1.29, 1.82) is 0 Å². The van der Waals surface area contributed by atoms with E-state index in [4.69, 9.17) is 30.8 Å². The summed E-state index contributed by atoms with van der Waals surface area (Å²) in [6.45, 7) is 9.49. The molecule has 5 amide bonds. The second kappa shape index (κ2) is 18.4. The Morgan fingerprint density at radius 3 is 2.31 bits per heavy atom. The van der Waals surface area contributed by atoms with Crippen molar-refractivity contribution in [3.8, 4) is 22.8 Å². The summed E-state index contributed by atoms with van der Waals surface area (Å²) >= 11 is 5.99. The molecular formula is C44H49ClN6O10S. The normalized spacial score (nSPS) is 20.5. The molecule has 1 saturated carbocycles. The average Bonchev–Trinajstić information content (AvgIpc) is 3.80. The lowest BCUT2D eigenvalue weighted by Gasteiger charge is -2.30. The van der Waals surface area contributed by atoms with E-state index in [0.29, 0.717) is 28.1 Å². The first kappa shape index (κ1) is 45.3. The summed E-state index contributed by atoms with van der Waals surface area (Å²) in [4.78, 5) is 74.7. The Hall–Kier alpha value is -6.20. The summed E-state index contributed by atoms with van der Waals surface area (Å²) in [6, 6.07) is 20.9. The first-order chi connectivity index (χ1) is 29.3. The predicted octanol–water partition coefficient (Wildman–Crippen LogP) is 4.46. The van der Waals surface area contributed by atoms with Crippen LogP contribution in [-0.2, 0) is 33.9 Å². The van der Waals surface area contributed by atoms with Crippen LogP contribution < -0.4 is 30.1 Å². The number of carbonyl (C=O) groups excluding carboxylic acids is 5. The van der Waals surface area contributed by atoms with E-state index in [1.54, 1.807) is 51.1 Å². The Morgan fingerprint density at radius 1 is 1.02 bits per heavy atom. The van der Waals surface area contributed by atoms with Crippen molar-refractivity contribution < 1.29 is 46.6 Å². The van der Waals surface area contributed by atoms with Crippen LogP contribution in [0.3, 0.4) is 0 Å². The molecule has 2 aliphatic rings. The van der Waals surface area contributed by atoms with Gasteiger partial charge in [0.2, 0.25) is 17.7 Å². The van der Waals surface area contributed by atoms with Crippen molar-refractivity contribution in [2.24, 2.45) is 5.92 Å². The number of sulfonamides is 1. The number of alkyl carbamates (subject to hydrolysis) is 1. The third-order valence-electron chi connectivity index (χ3n) is 10.4. The molecule has 6 atom stereocenters. The largest absolute Gasteiger partial charge is 0.497 e. The van der Waals surface area contributed by atoms with Crippen LogP contribution in [0.25, 0.3) is 22.2 Å². The van der Waals surface area contributed by atoms with Crippen molar-refractivity contribution in [1.82, 2.24) is 30.6 Å². The van der Waals surface area contributed by atoms with Gasteiger partial charge in [0.25, 0.3) is 15.9 Å². The van der Waals surface area contributed by atoms with Gasteiger partial charge in [0.1, 0.15) is 46.2 Å². The number of nitrogens with zero attached hydrogens (tertiary/aromatic N) is 2. The summed E-state index contributed by atoms with van der Waals surface area (Å²) in [5, 5.41) is 7.45. The van der Waals surface area contributed by atoms with E-state index in [1.807, 2.05) is 30.3 Å². The monoisotopic (exact) mass is 888 g/mol. The van der Waals surface area contributed by atoms with Gasteiger partial charge in [-0.05, 0) is 58.4 Å². The molecule has 4 N–H and O–H groups in total. The van der Waals surface area contributed by atoms with Crippen molar-refractivity contribution >= 4 is 62.2 Å². The molecule has 1 aliphatic carbocycles. The number of amides is 5. The van der Waals surface area contributed by atoms with Crippen LogP contribution in [0.1, 0.15) is 40.5 Å². The van der Waals surface area contributed by atoms with Crippen LogP contribution >= 0.6 is 11.6 Å². The lowest BCUT2D eigenvalue weighted by atomic mass is 10.1. The van der Waals surface area contributed by atoms with Crippen molar-refractivity contribution in [2.75, 3.05) is 20.2 Å². The number of aromatic nitrogens is 1. The topological polar surface area (TPSA) is 211 Å². The van der Waals surface area contributed by atoms with Gasteiger partial charge >= 0.3 is 6.09 Å². The number of ether oxygens (including phenoxy) is 3. The number of methoxy groups -OCH3 is 1. The Labute approximate surface area is 364 Å². The summed E-state index contributed by atoms with van der Waals surface area (Å²) in [5.74, 6) is -2.91. The van der Waals surface area contributed by atoms with Crippen LogP contribution in [0.2, 0.25) is 0 Å². The molecule has 1 saturated heterocycles. The van der Waals surface area contributed by atoms with E-state index in [0.717, 1.165) is 5.56 Å². The number of rotatable bonds is 15. The molecular weight excluding hydrogens is 840 g/mol. The summed E-state index contributed by atoms with van der Waals surface area (Å²) in [6.07, 6.45) is -0.469. The maximum Gasteiger partial charge on any atom is 0.408 e. The van der Waals surface area contributed by atoms with Crippen molar-refractivity contribution in [2.45, 2.75) is 80.1 Å². The molecule has 2 heterocycles. The predicted molar refractivity (Wildman–Crippen MR) is 231 cm³/mol. The average molecular weight is 889 g/mol. The zero-order valence-electron chi connectivity index (χ0n) is 34.8. The van der Waals surface area contributed by atoms with E-state index < -0.39 is 86.9 Å². The third-order valence-corrected chi connectivity index (χ3v) is 11.9. The number of likely N-dealkylation sites (tertiary alicyclic amines) is 1. The number of fused-ring (bicyclic) bond motifs is 1. The molecule has 0 radical (unpaired) electrons. The quantitative estimate of drug-likeness (QED) is 0.0967. The standard InChI is InChI=1S/C44H49ClN6O10S/c1-7-28-23-44(28,41(55)50-62(57,58)31-16-12-9-13-17-31)49-39(53)36-21-30(25-51(36)40(54)35(24-46-38(52)26(2)45)48-42(56)61-43(3,4)5)60-37-22-33(27-14-10-8-11-15-27)47-34-20-29(59-6)18-19-32(34)37/h7-20,22,26,28,30,35-36H,1,21,23-25H2,2-6H3,(H,46,52)(H,48,56)(H,49,53)(H,50,55)/t26-,28+,30+,35-,36-,44+/m0/s1. The first-order valence-electron chi connectivity index (χ1n) is 19.8. The molecule has 0 unspecified atom stereocenters. The van der Waals surface area contributed by atoms with Gasteiger partial charge < -0.3 is 35.1 Å². The van der Waals surface area contributed by atoms with Gasteiger partial charge in [-0.25, -0.2) is 22.9 Å². The minimum atomic E-state index is -4.34. The lowest BCUT2D eigenvalue weighted by Crippen LogP contribution is -2.60. The lowest BCUT2D eigenvalue weighted by molar-refractivity contribution is -0.141. The molecule has 6 rings (SSSR count). The minimum absolute atomic E-state index is 0.0270. The van der Waals surface area contributed by atoms with Crippen LogP contribution in [0.5, 0.6) is 11.5 Å². The zero-order chi connectivity index (χ0) is 45.0. The van der Waals surface area contributed by atoms with E-state index in [-0.39, 0.29) is 24.3 Å². The number of hydrogen-bond donors (Lipinski definition) is 4. The number of halogens is 1. The SMILES string of the molecule is C=C[C@@H]1C[C@]1(NC(=O)[C@@H]1C[C@@H](Oc2cc(-c3ccccc3)nc3cc(OC)ccc23)CN1C(=O)[C@H](CNC(=O)[C@H](C)Cl)NC(=O)OC(C)(C)C)C(=O)NS(=O)(=O)c1ccccc1. The van der Waals surface area contributed by atoms with Crippen LogP contribution in [0.4, 0.5) is 4.79 Å². The second-order valence-corrected chi connectivity index (χ2v) is 18.4. The van der Waals surface area contributed by atoms with Gasteiger partial charge in [0, 0.05) is 42.0 Å². The molecule has 328 valence electrons. The molecule has 0 spiro atoms. The third kappa shape index (κ3) is 10.5. The summed E-state index contributed by atoms with van der Waals surface area (Å²) in [5.41, 5.74) is -0.751. The van der Waals surface area contributed by atoms with E-state index in [1.165, 1.54) is 49.3 Å². The zero-order valence-corrected chi connectivity index (χ0v) is 36.4. The summed E-state index contributed by atoms with van der Waals surface area (Å²) in [7, 11) is -2.80. The fraction of sp³-hybridized carbons (Fsp3) is 0.364. The van der Waals surface area contributed by atoms with Gasteiger partial charge in [-0.3, -0.25) is 19.2 Å². The number of nitrogens with one attached hydrogen (secondary N) is 4. The van der Waals surface area contributed by atoms with E-state index >= 15 is 0 Å². The number of alkyl halides is 1. The molecule has 4 aromatic rings. The van der Waals surface area contributed by atoms with Crippen LogP contribution in [0, 0.1) is 5.92 Å². The Kier molecular flexibility index (Phi) is 13.5. The van der Waals surface area contributed by atoms with Gasteiger partial charge in [0.15, 0.2) is 0 Å². The molecule has 18 heteroatoms. The van der Waals surface area contributed by atoms with Gasteiger partial charge in [-0.1, -0.05) is 54.6 Å². The molecule has 16 nitrogen and oxygen atoms in total. The fourth-order valence-electron chi connectivity index (χ4n) is 7.11. The smallest absolute Gasteiger partial charge is 0.408 e. The fourth-order valence-corrected chi connectivity index (χ4v) is 8.25. The maximum atomic E-state index is 14.7. The number of pyridine rings is 1. The molecule has 2 fully saturated rings. The van der Waals surface area contributed by atoms with Crippen molar-refractivity contribution in [3.05, 3.63) is 97.6 Å². The van der Waals surface area contributed by atoms with Gasteiger partial charge in [0.05, 0.1) is 29.8 Å². The molecule has 1 aliphatic heterocycles. The second-order valence-electron chi connectivity index (χ2n) is 16.1. The highest BCUT2D eigenvalue weighted by atomic mass is 35.5. The van der Waals surface area contributed by atoms with E-state index in [9.17, 15) is 32.4 Å². The first-order valence-corrected chi connectivity index (χ1v) is 21.8. The van der Waals surface area contributed by atoms with Gasteiger partial charge in [-0.2, -0.15) is 0 Å². The number of hydrogen-bond acceptors (Lipinski definition) is 11. The van der Waals surface area contributed by atoms with E-state index in [2.05, 4.69) is 27.3 Å². The van der Waals surface area contributed by atoms with Crippen LogP contribution in [0.15, 0.2) is 102 Å². The minimum Gasteiger partial charge on any atom is -0.497 e. The maximum absolute atomic E-state index is 14.7. The van der Waals surface area contributed by atoms with Crippen LogP contribution in [-0.4, -0.2) is 103 Å². The number of benzene rings is 3. The molecule has 62 heavy (non-hydrogen) atoms.